The maximum absolute atomic E-state index is 8.49. The Morgan fingerprint density at radius 1 is 1.14 bits per heavy atom. The summed E-state index contributed by atoms with van der Waals surface area (Å²) in [4.78, 5) is 5.38. The van der Waals surface area contributed by atoms with E-state index in [0.29, 0.717) is 23.8 Å². The first-order valence-corrected chi connectivity index (χ1v) is 7.29. The van der Waals surface area contributed by atoms with Gasteiger partial charge in [0.2, 0.25) is 0 Å². The summed E-state index contributed by atoms with van der Waals surface area (Å²) in [5.41, 5.74) is 2.37. The van der Waals surface area contributed by atoms with Crippen LogP contribution in [0.4, 0.5) is 0 Å². The van der Waals surface area contributed by atoms with Crippen LogP contribution in [0.15, 0.2) is 47.9 Å². The first kappa shape index (κ1) is 15.9. The second kappa shape index (κ2) is 8.75. The number of nitriles is 1. The molecule has 2 aromatic rings. The zero-order chi connectivity index (χ0) is 15.6. The van der Waals surface area contributed by atoms with Crippen molar-refractivity contribution in [2.45, 2.75) is 19.3 Å². The number of unbranched alkanes of at least 4 members (excludes halogenated alkanes) is 2. The molecule has 0 aliphatic rings. The number of nitrogens with zero attached hydrogens (tertiary/aromatic N) is 4. The van der Waals surface area contributed by atoms with E-state index < -0.39 is 0 Å². The van der Waals surface area contributed by atoms with E-state index in [0.717, 1.165) is 24.0 Å². The summed E-state index contributed by atoms with van der Waals surface area (Å²) in [7, 11) is 0. The van der Waals surface area contributed by atoms with Gasteiger partial charge in [-0.05, 0) is 31.0 Å². The van der Waals surface area contributed by atoms with Gasteiger partial charge in [-0.3, -0.25) is 0 Å². The van der Waals surface area contributed by atoms with Gasteiger partial charge in [0.1, 0.15) is 12.3 Å². The average molecular weight is 315 g/mol. The molecule has 0 bridgehead atoms. The Balaban J connectivity index is 2.12. The first-order chi connectivity index (χ1) is 10.8. The van der Waals surface area contributed by atoms with Gasteiger partial charge < -0.3 is 4.84 Å². The summed E-state index contributed by atoms with van der Waals surface area (Å²) in [5.74, 6) is 0. The number of aromatic nitrogens is 2. The molecule has 6 heteroatoms. The fourth-order valence-corrected chi connectivity index (χ4v) is 1.92. The molecular weight excluding hydrogens is 300 g/mol. The Morgan fingerprint density at radius 3 is 2.64 bits per heavy atom. The highest BCUT2D eigenvalue weighted by molar-refractivity contribution is 6.30. The van der Waals surface area contributed by atoms with Crippen molar-refractivity contribution in [2.75, 3.05) is 6.61 Å². The molecule has 0 atom stereocenters. The van der Waals surface area contributed by atoms with Crippen LogP contribution in [0.5, 0.6) is 0 Å². The highest BCUT2D eigenvalue weighted by atomic mass is 35.5. The van der Waals surface area contributed by atoms with Gasteiger partial charge in [0.25, 0.3) is 0 Å². The van der Waals surface area contributed by atoms with Crippen molar-refractivity contribution in [3.05, 3.63) is 58.9 Å². The van der Waals surface area contributed by atoms with Gasteiger partial charge >= 0.3 is 0 Å². The summed E-state index contributed by atoms with van der Waals surface area (Å²) < 4.78 is 0. The van der Waals surface area contributed by atoms with Gasteiger partial charge in [-0.15, -0.1) is 0 Å². The molecule has 0 spiro atoms. The second-order valence-corrected chi connectivity index (χ2v) is 4.96. The fourth-order valence-electron chi connectivity index (χ4n) is 1.79. The molecule has 0 fully saturated rings. The molecule has 22 heavy (non-hydrogen) atoms. The Morgan fingerprint density at radius 2 is 1.95 bits per heavy atom. The summed E-state index contributed by atoms with van der Waals surface area (Å²) in [5, 5.41) is 21.0. The fraction of sp³-hybridized carbons (Fsp3) is 0.250. The number of halogens is 1. The summed E-state index contributed by atoms with van der Waals surface area (Å²) in [6.07, 6.45) is 5.37. The van der Waals surface area contributed by atoms with Crippen LogP contribution >= 0.6 is 11.6 Å². The summed E-state index contributed by atoms with van der Waals surface area (Å²) in [6, 6.07) is 11.3. The lowest BCUT2D eigenvalue weighted by molar-refractivity contribution is 0.141. The SMILES string of the molecule is N#CCCCCO/N=C(\c1ccc(Cl)cc1)c1ccnnc1. The van der Waals surface area contributed by atoms with Crippen molar-refractivity contribution in [2.24, 2.45) is 5.16 Å². The third kappa shape index (κ3) is 4.83. The van der Waals surface area contributed by atoms with Crippen LogP contribution in [0.25, 0.3) is 0 Å². The minimum Gasteiger partial charge on any atom is -0.395 e. The molecule has 5 nitrogen and oxygen atoms in total. The Bertz CT molecular complexity index is 650. The van der Waals surface area contributed by atoms with Gasteiger partial charge in [-0.2, -0.15) is 15.5 Å². The number of hydrogen-bond donors (Lipinski definition) is 0. The van der Waals surface area contributed by atoms with Crippen molar-refractivity contribution >= 4 is 17.3 Å². The molecule has 2 rings (SSSR count). The standard InChI is InChI=1S/C16H15ClN4O/c17-15-6-4-13(5-7-15)16(14-8-10-19-20-12-14)21-22-11-3-1-2-9-18/h4-8,10,12H,1-3,11H2/b21-16+. The smallest absolute Gasteiger partial charge is 0.118 e. The summed E-state index contributed by atoms with van der Waals surface area (Å²) >= 11 is 5.92. The van der Waals surface area contributed by atoms with Crippen molar-refractivity contribution in [1.82, 2.24) is 10.2 Å². The lowest BCUT2D eigenvalue weighted by Crippen LogP contribution is -2.06. The van der Waals surface area contributed by atoms with E-state index in [-0.39, 0.29) is 0 Å². The molecule has 0 aliphatic carbocycles. The minimum absolute atomic E-state index is 0.470. The molecular formula is C16H15ClN4O. The Hall–Kier alpha value is -2.45. The highest BCUT2D eigenvalue weighted by Crippen LogP contribution is 2.14. The number of rotatable bonds is 7. The molecule has 0 aliphatic heterocycles. The van der Waals surface area contributed by atoms with Crippen LogP contribution < -0.4 is 0 Å². The monoisotopic (exact) mass is 314 g/mol. The molecule has 112 valence electrons. The molecule has 0 unspecified atom stereocenters. The average Bonchev–Trinajstić information content (AvgIpc) is 2.56. The van der Waals surface area contributed by atoms with E-state index in [1.54, 1.807) is 24.5 Å². The third-order valence-electron chi connectivity index (χ3n) is 2.91. The molecule has 0 N–H and O–H groups in total. The zero-order valence-electron chi connectivity index (χ0n) is 11.9. The van der Waals surface area contributed by atoms with Crippen LogP contribution in [0.1, 0.15) is 30.4 Å². The van der Waals surface area contributed by atoms with E-state index in [4.69, 9.17) is 21.7 Å². The quantitative estimate of drug-likeness (QED) is 0.445. The number of oxime groups is 1. The lowest BCUT2D eigenvalue weighted by Gasteiger charge is -2.07. The van der Waals surface area contributed by atoms with Crippen molar-refractivity contribution < 1.29 is 4.84 Å². The Kier molecular flexibility index (Phi) is 6.34. The van der Waals surface area contributed by atoms with E-state index in [1.807, 2.05) is 18.2 Å². The largest absolute Gasteiger partial charge is 0.395 e. The highest BCUT2D eigenvalue weighted by Gasteiger charge is 2.08. The lowest BCUT2D eigenvalue weighted by atomic mass is 10.1. The molecule has 0 saturated heterocycles. The molecule has 1 aromatic heterocycles. The molecule has 0 saturated carbocycles. The number of hydrogen-bond acceptors (Lipinski definition) is 5. The van der Waals surface area contributed by atoms with Crippen molar-refractivity contribution in [3.63, 3.8) is 0 Å². The van der Waals surface area contributed by atoms with E-state index in [1.165, 1.54) is 0 Å². The number of benzene rings is 1. The van der Waals surface area contributed by atoms with Crippen molar-refractivity contribution in [1.29, 1.82) is 5.26 Å². The van der Waals surface area contributed by atoms with E-state index >= 15 is 0 Å². The Labute approximate surface area is 134 Å². The van der Waals surface area contributed by atoms with Crippen molar-refractivity contribution in [3.8, 4) is 6.07 Å². The van der Waals surface area contributed by atoms with Gasteiger partial charge in [-0.25, -0.2) is 0 Å². The second-order valence-electron chi connectivity index (χ2n) is 4.53. The maximum atomic E-state index is 8.49. The van der Waals surface area contributed by atoms with Crippen LogP contribution in [-0.2, 0) is 4.84 Å². The van der Waals surface area contributed by atoms with Crippen LogP contribution in [-0.4, -0.2) is 22.5 Å². The molecule has 1 aromatic carbocycles. The predicted octanol–water partition coefficient (Wildman–Crippen LogP) is 3.59. The van der Waals surface area contributed by atoms with E-state index in [2.05, 4.69) is 21.4 Å². The van der Waals surface area contributed by atoms with Gasteiger partial charge in [0, 0.05) is 22.6 Å². The van der Waals surface area contributed by atoms with E-state index in [9.17, 15) is 0 Å². The first-order valence-electron chi connectivity index (χ1n) is 6.91. The van der Waals surface area contributed by atoms with Crippen LogP contribution in [0, 0.1) is 11.3 Å². The summed E-state index contributed by atoms with van der Waals surface area (Å²) in [6.45, 7) is 0.470. The predicted molar refractivity (Wildman–Crippen MR) is 84.5 cm³/mol. The zero-order valence-corrected chi connectivity index (χ0v) is 12.7. The third-order valence-corrected chi connectivity index (χ3v) is 3.16. The van der Waals surface area contributed by atoms with Gasteiger partial charge in [0.15, 0.2) is 0 Å². The van der Waals surface area contributed by atoms with Crippen LogP contribution in [0.3, 0.4) is 0 Å². The van der Waals surface area contributed by atoms with Crippen LogP contribution in [0.2, 0.25) is 5.02 Å². The van der Waals surface area contributed by atoms with Gasteiger partial charge in [-0.1, -0.05) is 28.9 Å². The topological polar surface area (TPSA) is 71.2 Å². The molecule has 1 heterocycles. The minimum atomic E-state index is 0.470. The molecule has 0 amide bonds. The normalized spacial score (nSPS) is 11.0. The van der Waals surface area contributed by atoms with Gasteiger partial charge in [0.05, 0.1) is 18.5 Å². The molecule has 0 radical (unpaired) electrons. The maximum Gasteiger partial charge on any atom is 0.118 e.